The van der Waals surface area contributed by atoms with Crippen LogP contribution in [0.5, 0.6) is 0 Å². The molecule has 1 aliphatic rings. The van der Waals surface area contributed by atoms with Gasteiger partial charge < -0.3 is 15.4 Å². The van der Waals surface area contributed by atoms with Crippen LogP contribution in [0.3, 0.4) is 0 Å². The molecule has 0 spiro atoms. The van der Waals surface area contributed by atoms with E-state index in [1.807, 2.05) is 0 Å². The lowest BCUT2D eigenvalue weighted by atomic mass is 9.95. The molecule has 2 N–H and O–H groups in total. The average Bonchev–Trinajstić information content (AvgIpc) is 2.20. The Balaban J connectivity index is 2.41. The first kappa shape index (κ1) is 12.9. The summed E-state index contributed by atoms with van der Waals surface area (Å²) >= 11 is 4.99. The van der Waals surface area contributed by atoms with Gasteiger partial charge in [-0.1, -0.05) is 26.1 Å². The molecule has 0 saturated carbocycles. The number of rotatable bonds is 4. The van der Waals surface area contributed by atoms with Crippen LogP contribution in [0.25, 0.3) is 0 Å². The van der Waals surface area contributed by atoms with E-state index in [2.05, 4.69) is 18.7 Å². The average molecular weight is 230 g/mol. The van der Waals surface area contributed by atoms with Crippen LogP contribution in [0.2, 0.25) is 0 Å². The predicted octanol–water partition coefficient (Wildman–Crippen LogP) is 1.27. The molecule has 1 saturated heterocycles. The zero-order valence-electron chi connectivity index (χ0n) is 9.90. The third-order valence-electron chi connectivity index (χ3n) is 3.29. The molecule has 1 fully saturated rings. The van der Waals surface area contributed by atoms with Crippen molar-refractivity contribution in [3.05, 3.63) is 0 Å². The third-order valence-corrected chi connectivity index (χ3v) is 3.70. The van der Waals surface area contributed by atoms with Crippen molar-refractivity contribution in [2.75, 3.05) is 26.7 Å². The van der Waals surface area contributed by atoms with E-state index in [1.165, 1.54) is 6.42 Å². The van der Waals surface area contributed by atoms with Gasteiger partial charge in [0, 0.05) is 26.1 Å². The van der Waals surface area contributed by atoms with E-state index >= 15 is 0 Å². The summed E-state index contributed by atoms with van der Waals surface area (Å²) < 4.78 is 5.47. The summed E-state index contributed by atoms with van der Waals surface area (Å²) in [6.07, 6.45) is 1.56. The van der Waals surface area contributed by atoms with Gasteiger partial charge in [0.2, 0.25) is 0 Å². The summed E-state index contributed by atoms with van der Waals surface area (Å²) in [5.41, 5.74) is 5.62. The second-order valence-corrected chi connectivity index (χ2v) is 5.07. The number of thiocarbonyl (C=S) groups is 1. The lowest BCUT2D eigenvalue weighted by Gasteiger charge is -2.37. The van der Waals surface area contributed by atoms with Crippen molar-refractivity contribution in [2.24, 2.45) is 17.6 Å². The quantitative estimate of drug-likeness (QED) is 0.738. The molecule has 1 rings (SSSR count). The number of hydrogen-bond donors (Lipinski definition) is 1. The fourth-order valence-corrected chi connectivity index (χ4v) is 2.12. The molecule has 3 unspecified atom stereocenters. The molecule has 15 heavy (non-hydrogen) atoms. The van der Waals surface area contributed by atoms with Crippen LogP contribution < -0.4 is 5.73 Å². The van der Waals surface area contributed by atoms with Crippen molar-refractivity contribution in [1.29, 1.82) is 0 Å². The van der Waals surface area contributed by atoms with Crippen LogP contribution in [-0.2, 0) is 4.74 Å². The molecular formula is C11H22N2OS. The Hall–Kier alpha value is -0.190. The van der Waals surface area contributed by atoms with E-state index in [1.54, 1.807) is 7.11 Å². The Kier molecular flexibility index (Phi) is 4.96. The van der Waals surface area contributed by atoms with Crippen molar-refractivity contribution in [1.82, 2.24) is 4.90 Å². The van der Waals surface area contributed by atoms with Gasteiger partial charge in [-0.2, -0.15) is 0 Å². The fourth-order valence-electron chi connectivity index (χ4n) is 2.05. The number of methoxy groups -OCH3 is 1. The van der Waals surface area contributed by atoms with Gasteiger partial charge in [-0.05, 0) is 18.9 Å². The molecule has 3 atom stereocenters. The Morgan fingerprint density at radius 3 is 2.87 bits per heavy atom. The summed E-state index contributed by atoms with van der Waals surface area (Å²) in [7, 11) is 1.79. The van der Waals surface area contributed by atoms with Crippen LogP contribution in [0.15, 0.2) is 0 Å². The van der Waals surface area contributed by atoms with Gasteiger partial charge in [-0.3, -0.25) is 0 Å². The minimum absolute atomic E-state index is 0.297. The van der Waals surface area contributed by atoms with E-state index in [0.29, 0.717) is 22.9 Å². The van der Waals surface area contributed by atoms with Gasteiger partial charge in [0.05, 0.1) is 11.1 Å². The summed E-state index contributed by atoms with van der Waals surface area (Å²) in [5, 5.41) is 0. The number of nitrogens with zero attached hydrogens (tertiary/aromatic N) is 1. The monoisotopic (exact) mass is 230 g/mol. The maximum atomic E-state index is 5.62. The maximum absolute atomic E-state index is 5.62. The van der Waals surface area contributed by atoms with Crippen LogP contribution >= 0.6 is 12.2 Å². The fraction of sp³-hybridized carbons (Fsp3) is 0.909. The topological polar surface area (TPSA) is 38.5 Å². The van der Waals surface area contributed by atoms with Gasteiger partial charge in [0.1, 0.15) is 0 Å². The zero-order chi connectivity index (χ0) is 11.4. The Morgan fingerprint density at radius 1 is 1.67 bits per heavy atom. The molecule has 4 heteroatoms. The number of nitrogens with two attached hydrogens (primary N) is 1. The first-order valence-electron chi connectivity index (χ1n) is 5.59. The van der Waals surface area contributed by atoms with Crippen LogP contribution in [0.4, 0.5) is 0 Å². The summed E-state index contributed by atoms with van der Waals surface area (Å²) in [6.45, 7) is 7.44. The lowest BCUT2D eigenvalue weighted by Crippen LogP contribution is -2.46. The van der Waals surface area contributed by atoms with Crippen molar-refractivity contribution in [3.63, 3.8) is 0 Å². The van der Waals surface area contributed by atoms with E-state index in [9.17, 15) is 0 Å². The summed E-state index contributed by atoms with van der Waals surface area (Å²) in [6, 6.07) is 0. The molecule has 1 aliphatic heterocycles. The summed E-state index contributed by atoms with van der Waals surface area (Å²) in [5.74, 6) is 0.956. The first-order chi connectivity index (χ1) is 7.04. The maximum Gasteiger partial charge on any atom is 0.0768 e. The molecule has 88 valence electrons. The normalized spacial score (nSPS) is 30.1. The molecule has 3 nitrogen and oxygen atoms in total. The molecule has 0 bridgehead atoms. The highest BCUT2D eigenvalue weighted by Gasteiger charge is 2.26. The predicted molar refractivity (Wildman–Crippen MR) is 67.0 cm³/mol. The largest absolute Gasteiger partial charge is 0.393 e. The highest BCUT2D eigenvalue weighted by molar-refractivity contribution is 7.80. The molecule has 0 aliphatic carbocycles. The van der Waals surface area contributed by atoms with Crippen LogP contribution in [0, 0.1) is 11.8 Å². The summed E-state index contributed by atoms with van der Waals surface area (Å²) in [4.78, 5) is 3.01. The standard InChI is InChI=1S/C11H22N2OS/c1-8-4-5-13(7-10(8)14-3)6-9(2)11(12)15/h8-10H,4-7H2,1-3H3,(H2,12,15). The van der Waals surface area contributed by atoms with E-state index in [-0.39, 0.29) is 0 Å². The highest BCUT2D eigenvalue weighted by Crippen LogP contribution is 2.20. The van der Waals surface area contributed by atoms with E-state index in [4.69, 9.17) is 22.7 Å². The minimum atomic E-state index is 0.297. The minimum Gasteiger partial charge on any atom is -0.393 e. The van der Waals surface area contributed by atoms with E-state index < -0.39 is 0 Å². The number of likely N-dealkylation sites (tertiary alicyclic amines) is 1. The molecule has 0 amide bonds. The van der Waals surface area contributed by atoms with Crippen LogP contribution in [0.1, 0.15) is 20.3 Å². The number of piperidine rings is 1. The van der Waals surface area contributed by atoms with Crippen molar-refractivity contribution >= 4 is 17.2 Å². The molecular weight excluding hydrogens is 208 g/mol. The number of ether oxygens (including phenoxy) is 1. The van der Waals surface area contributed by atoms with Gasteiger partial charge in [0.25, 0.3) is 0 Å². The zero-order valence-corrected chi connectivity index (χ0v) is 10.7. The van der Waals surface area contributed by atoms with Gasteiger partial charge in [0.15, 0.2) is 0 Å². The number of hydrogen-bond acceptors (Lipinski definition) is 3. The third kappa shape index (κ3) is 3.70. The first-order valence-corrected chi connectivity index (χ1v) is 6.00. The van der Waals surface area contributed by atoms with Crippen molar-refractivity contribution < 1.29 is 4.74 Å². The smallest absolute Gasteiger partial charge is 0.0768 e. The van der Waals surface area contributed by atoms with Crippen LogP contribution in [-0.4, -0.2) is 42.7 Å². The van der Waals surface area contributed by atoms with E-state index in [0.717, 1.165) is 19.6 Å². The van der Waals surface area contributed by atoms with Gasteiger partial charge >= 0.3 is 0 Å². The molecule has 0 aromatic rings. The highest BCUT2D eigenvalue weighted by atomic mass is 32.1. The Bertz CT molecular complexity index is 223. The van der Waals surface area contributed by atoms with Crippen molar-refractivity contribution in [2.45, 2.75) is 26.4 Å². The van der Waals surface area contributed by atoms with Gasteiger partial charge in [-0.25, -0.2) is 0 Å². The SMILES string of the molecule is COC1CN(CC(C)C(N)=S)CCC1C. The second kappa shape index (κ2) is 5.77. The van der Waals surface area contributed by atoms with Crippen molar-refractivity contribution in [3.8, 4) is 0 Å². The Labute approximate surface area is 98.0 Å². The molecule has 0 radical (unpaired) electrons. The molecule has 1 heterocycles. The second-order valence-electron chi connectivity index (χ2n) is 4.60. The molecule has 0 aromatic heterocycles. The van der Waals surface area contributed by atoms with Gasteiger partial charge in [-0.15, -0.1) is 0 Å². The Morgan fingerprint density at radius 2 is 2.33 bits per heavy atom. The molecule has 0 aromatic carbocycles. The lowest BCUT2D eigenvalue weighted by molar-refractivity contribution is -0.00648.